The average Bonchev–Trinajstić information content (AvgIpc) is 2.41. The van der Waals surface area contributed by atoms with Gasteiger partial charge in [-0.25, -0.2) is 4.39 Å². The number of likely N-dealkylation sites (N-methyl/N-ethyl adjacent to an activating group) is 1. The number of anilines is 1. The lowest BCUT2D eigenvalue weighted by atomic mass is 10.2. The maximum absolute atomic E-state index is 14.0. The molecule has 1 saturated heterocycles. The summed E-state index contributed by atoms with van der Waals surface area (Å²) in [6, 6.07) is 5.14. The fourth-order valence-corrected chi connectivity index (χ4v) is 2.10. The minimum absolute atomic E-state index is 0.0516. The second kappa shape index (κ2) is 6.62. The summed E-state index contributed by atoms with van der Waals surface area (Å²) >= 11 is 4.61. The Hall–Kier alpha value is -1.73. The van der Waals surface area contributed by atoms with E-state index in [9.17, 15) is 4.39 Å². The Bertz CT molecular complexity index is 511. The number of rotatable bonds is 3. The van der Waals surface area contributed by atoms with E-state index in [4.69, 9.17) is 5.73 Å². The average molecular weight is 295 g/mol. The van der Waals surface area contributed by atoms with E-state index in [0.29, 0.717) is 5.56 Å². The molecule has 0 radical (unpaired) electrons. The first kappa shape index (κ1) is 14.7. The third-order valence-electron chi connectivity index (χ3n) is 3.23. The molecule has 0 unspecified atom stereocenters. The van der Waals surface area contributed by atoms with Crippen LogP contribution in [0.1, 0.15) is 5.56 Å². The van der Waals surface area contributed by atoms with E-state index in [1.165, 1.54) is 12.3 Å². The first-order valence-electron chi connectivity index (χ1n) is 6.38. The van der Waals surface area contributed by atoms with E-state index in [2.05, 4.69) is 39.6 Å². The molecule has 0 saturated carbocycles. The molecule has 0 aromatic heterocycles. The number of hydrogen-bond donors (Lipinski definition) is 2. The van der Waals surface area contributed by atoms with Crippen molar-refractivity contribution in [2.45, 2.75) is 0 Å². The molecule has 1 heterocycles. The molecule has 1 aromatic carbocycles. The number of hydrogen-bond acceptors (Lipinski definition) is 4. The van der Waals surface area contributed by atoms with Crippen molar-refractivity contribution in [3.05, 3.63) is 29.6 Å². The lowest BCUT2D eigenvalue weighted by Crippen LogP contribution is -2.44. The van der Waals surface area contributed by atoms with Gasteiger partial charge in [0.15, 0.2) is 5.11 Å². The lowest BCUT2D eigenvalue weighted by Gasteiger charge is -2.34. The molecule has 20 heavy (non-hydrogen) atoms. The molecule has 1 aliphatic heterocycles. The number of halogens is 1. The van der Waals surface area contributed by atoms with Crippen LogP contribution in [0.4, 0.5) is 10.1 Å². The predicted octanol–water partition coefficient (Wildman–Crippen LogP) is 0.745. The Morgan fingerprint density at radius 2 is 2.10 bits per heavy atom. The van der Waals surface area contributed by atoms with Gasteiger partial charge in [0.05, 0.1) is 6.21 Å². The minimum Gasteiger partial charge on any atom is -0.375 e. The molecule has 0 spiro atoms. The van der Waals surface area contributed by atoms with Crippen LogP contribution in [0.15, 0.2) is 23.3 Å². The Balaban J connectivity index is 2.05. The van der Waals surface area contributed by atoms with Gasteiger partial charge in [-0.3, -0.25) is 5.43 Å². The van der Waals surface area contributed by atoms with Crippen LogP contribution in [-0.2, 0) is 0 Å². The van der Waals surface area contributed by atoms with Crippen LogP contribution in [0.2, 0.25) is 0 Å². The Labute approximate surface area is 123 Å². The standard InChI is InChI=1S/C13H18FN5S/c1-18-4-6-19(7-5-18)11-3-2-10(12(14)8-11)9-16-17-13(15)20/h2-3,8-9H,4-7H2,1H3,(H3,15,17,20). The van der Waals surface area contributed by atoms with Gasteiger partial charge in [0.2, 0.25) is 0 Å². The van der Waals surface area contributed by atoms with Gasteiger partial charge in [-0.2, -0.15) is 5.10 Å². The summed E-state index contributed by atoms with van der Waals surface area (Å²) in [6.07, 6.45) is 1.36. The Kier molecular flexibility index (Phi) is 4.86. The highest BCUT2D eigenvalue weighted by molar-refractivity contribution is 7.80. The van der Waals surface area contributed by atoms with Gasteiger partial charge in [-0.05, 0) is 37.5 Å². The molecule has 1 aromatic rings. The summed E-state index contributed by atoms with van der Waals surface area (Å²) in [5.74, 6) is -0.310. The molecule has 1 aliphatic rings. The van der Waals surface area contributed by atoms with Crippen molar-refractivity contribution in [2.24, 2.45) is 10.8 Å². The highest BCUT2D eigenvalue weighted by Gasteiger charge is 2.15. The van der Waals surface area contributed by atoms with E-state index < -0.39 is 0 Å². The Morgan fingerprint density at radius 1 is 1.40 bits per heavy atom. The smallest absolute Gasteiger partial charge is 0.184 e. The summed E-state index contributed by atoms with van der Waals surface area (Å²) in [7, 11) is 2.09. The monoisotopic (exact) mass is 295 g/mol. The predicted molar refractivity (Wildman–Crippen MR) is 83.6 cm³/mol. The zero-order chi connectivity index (χ0) is 14.5. The van der Waals surface area contributed by atoms with Crippen molar-refractivity contribution in [1.82, 2.24) is 10.3 Å². The summed E-state index contributed by atoms with van der Waals surface area (Å²) in [5, 5.41) is 3.80. The molecular formula is C13H18FN5S. The van der Waals surface area contributed by atoms with Crippen molar-refractivity contribution < 1.29 is 4.39 Å². The summed E-state index contributed by atoms with van der Waals surface area (Å²) in [6.45, 7) is 3.80. The maximum atomic E-state index is 14.0. The molecule has 0 atom stereocenters. The number of benzene rings is 1. The molecule has 2 rings (SSSR count). The Morgan fingerprint density at radius 3 is 2.70 bits per heavy atom. The van der Waals surface area contributed by atoms with Gasteiger partial charge in [0.25, 0.3) is 0 Å². The largest absolute Gasteiger partial charge is 0.375 e. The maximum Gasteiger partial charge on any atom is 0.184 e. The first-order valence-corrected chi connectivity index (χ1v) is 6.78. The number of thiocarbonyl (C=S) groups is 1. The van der Waals surface area contributed by atoms with Crippen LogP contribution in [-0.4, -0.2) is 49.5 Å². The van der Waals surface area contributed by atoms with E-state index in [1.54, 1.807) is 6.07 Å². The van der Waals surface area contributed by atoms with Crippen molar-refractivity contribution in [3.63, 3.8) is 0 Å². The molecule has 7 heteroatoms. The quantitative estimate of drug-likeness (QED) is 0.489. The third-order valence-corrected chi connectivity index (χ3v) is 3.32. The van der Waals surface area contributed by atoms with Gasteiger partial charge in [0.1, 0.15) is 5.82 Å². The van der Waals surface area contributed by atoms with Crippen LogP contribution in [0.25, 0.3) is 0 Å². The molecule has 108 valence electrons. The number of nitrogens with two attached hydrogens (primary N) is 1. The molecule has 3 N–H and O–H groups in total. The van der Waals surface area contributed by atoms with Crippen LogP contribution >= 0.6 is 12.2 Å². The van der Waals surface area contributed by atoms with Crippen LogP contribution in [0.3, 0.4) is 0 Å². The van der Waals surface area contributed by atoms with E-state index in [1.807, 2.05) is 6.07 Å². The molecule has 0 amide bonds. The number of nitrogens with zero attached hydrogens (tertiary/aromatic N) is 3. The zero-order valence-electron chi connectivity index (χ0n) is 11.3. The van der Waals surface area contributed by atoms with Crippen LogP contribution < -0.4 is 16.1 Å². The number of hydrazone groups is 1. The van der Waals surface area contributed by atoms with Crippen molar-refractivity contribution in [1.29, 1.82) is 0 Å². The van der Waals surface area contributed by atoms with E-state index >= 15 is 0 Å². The van der Waals surface area contributed by atoms with Gasteiger partial charge < -0.3 is 15.5 Å². The SMILES string of the molecule is CN1CCN(c2ccc(C=NNC(N)=S)c(F)c2)CC1. The molecule has 1 fully saturated rings. The normalized spacial score (nSPS) is 16.6. The van der Waals surface area contributed by atoms with Crippen molar-refractivity contribution in [3.8, 4) is 0 Å². The van der Waals surface area contributed by atoms with Crippen LogP contribution in [0, 0.1) is 5.82 Å². The summed E-state index contributed by atoms with van der Waals surface area (Å²) < 4.78 is 14.0. The molecular weight excluding hydrogens is 277 g/mol. The number of nitrogens with one attached hydrogen (secondary N) is 1. The minimum atomic E-state index is -0.310. The van der Waals surface area contributed by atoms with Crippen molar-refractivity contribution in [2.75, 3.05) is 38.1 Å². The van der Waals surface area contributed by atoms with E-state index in [0.717, 1.165) is 31.9 Å². The summed E-state index contributed by atoms with van der Waals surface area (Å²) in [5.41, 5.74) is 8.92. The second-order valence-electron chi connectivity index (χ2n) is 4.73. The van der Waals surface area contributed by atoms with Gasteiger partial charge >= 0.3 is 0 Å². The highest BCUT2D eigenvalue weighted by Crippen LogP contribution is 2.19. The molecule has 0 bridgehead atoms. The lowest BCUT2D eigenvalue weighted by molar-refractivity contribution is 0.313. The molecule has 5 nitrogen and oxygen atoms in total. The molecule has 0 aliphatic carbocycles. The zero-order valence-corrected chi connectivity index (χ0v) is 12.2. The van der Waals surface area contributed by atoms with E-state index in [-0.39, 0.29) is 10.9 Å². The fraction of sp³-hybridized carbons (Fsp3) is 0.385. The van der Waals surface area contributed by atoms with Crippen molar-refractivity contribution >= 4 is 29.2 Å². The number of piperazine rings is 1. The topological polar surface area (TPSA) is 56.9 Å². The van der Waals surface area contributed by atoms with Crippen LogP contribution in [0.5, 0.6) is 0 Å². The fourth-order valence-electron chi connectivity index (χ4n) is 2.05. The second-order valence-corrected chi connectivity index (χ2v) is 5.17. The highest BCUT2D eigenvalue weighted by atomic mass is 32.1. The first-order chi connectivity index (χ1) is 9.56. The van der Waals surface area contributed by atoms with Gasteiger partial charge in [-0.1, -0.05) is 0 Å². The third kappa shape index (κ3) is 3.88. The van der Waals surface area contributed by atoms with Gasteiger partial charge in [-0.15, -0.1) is 0 Å². The van der Waals surface area contributed by atoms with Gasteiger partial charge in [0, 0.05) is 37.4 Å². The summed E-state index contributed by atoms with van der Waals surface area (Å²) in [4.78, 5) is 4.44.